The van der Waals surface area contributed by atoms with Gasteiger partial charge in [0.25, 0.3) is 0 Å². The van der Waals surface area contributed by atoms with E-state index in [1.807, 2.05) is 0 Å². The zero-order chi connectivity index (χ0) is 13.0. The van der Waals surface area contributed by atoms with Crippen LogP contribution in [0.3, 0.4) is 0 Å². The molecule has 18 heavy (non-hydrogen) atoms. The molecule has 1 aromatic rings. The smallest absolute Gasteiger partial charge is 0.147 e. The molecule has 2 rings (SSSR count). The van der Waals surface area contributed by atoms with Crippen LogP contribution in [0.15, 0.2) is 18.2 Å². The van der Waals surface area contributed by atoms with Gasteiger partial charge in [-0.2, -0.15) is 0 Å². The maximum absolute atomic E-state index is 13.6. The first kappa shape index (κ1) is 13.6. The highest BCUT2D eigenvalue weighted by Gasteiger charge is 2.27. The maximum Gasteiger partial charge on any atom is 0.147 e. The second kappa shape index (κ2) is 5.89. The van der Waals surface area contributed by atoms with E-state index in [4.69, 9.17) is 11.6 Å². The van der Waals surface area contributed by atoms with Gasteiger partial charge in [-0.1, -0.05) is 37.3 Å². The van der Waals surface area contributed by atoms with Crippen LogP contribution in [-0.2, 0) is 0 Å². The SMILES string of the molecule is OC1(CNc2ccc(Cl)cc2F)CCCCCC1. The minimum atomic E-state index is -0.706. The molecule has 0 amide bonds. The zero-order valence-corrected chi connectivity index (χ0v) is 11.1. The number of aliphatic hydroxyl groups is 1. The van der Waals surface area contributed by atoms with Crippen molar-refractivity contribution < 1.29 is 9.50 Å². The number of hydrogen-bond acceptors (Lipinski definition) is 2. The van der Waals surface area contributed by atoms with Crippen molar-refractivity contribution >= 4 is 17.3 Å². The van der Waals surface area contributed by atoms with Crippen LogP contribution >= 0.6 is 11.6 Å². The molecule has 1 aromatic carbocycles. The van der Waals surface area contributed by atoms with Crippen molar-refractivity contribution in [2.24, 2.45) is 0 Å². The van der Waals surface area contributed by atoms with E-state index >= 15 is 0 Å². The average Bonchev–Trinajstić information content (AvgIpc) is 2.54. The summed E-state index contributed by atoms with van der Waals surface area (Å²) in [6.45, 7) is 0.394. The third-order valence-corrected chi connectivity index (χ3v) is 3.81. The quantitative estimate of drug-likeness (QED) is 0.815. The van der Waals surface area contributed by atoms with E-state index < -0.39 is 5.60 Å². The van der Waals surface area contributed by atoms with Gasteiger partial charge in [-0.15, -0.1) is 0 Å². The van der Waals surface area contributed by atoms with Gasteiger partial charge in [-0.25, -0.2) is 4.39 Å². The molecule has 4 heteroatoms. The molecule has 1 saturated carbocycles. The lowest BCUT2D eigenvalue weighted by atomic mass is 9.94. The van der Waals surface area contributed by atoms with Crippen molar-refractivity contribution in [1.29, 1.82) is 0 Å². The molecule has 100 valence electrons. The Hall–Kier alpha value is -0.800. The number of hydrogen-bond donors (Lipinski definition) is 2. The lowest BCUT2D eigenvalue weighted by molar-refractivity contribution is 0.0381. The van der Waals surface area contributed by atoms with E-state index in [9.17, 15) is 9.50 Å². The molecule has 0 unspecified atom stereocenters. The summed E-state index contributed by atoms with van der Waals surface area (Å²) >= 11 is 5.70. The molecule has 0 heterocycles. The number of rotatable bonds is 3. The largest absolute Gasteiger partial charge is 0.388 e. The van der Waals surface area contributed by atoms with Crippen molar-refractivity contribution in [2.75, 3.05) is 11.9 Å². The molecule has 0 bridgehead atoms. The maximum atomic E-state index is 13.6. The molecular formula is C14H19ClFNO. The van der Waals surface area contributed by atoms with Gasteiger partial charge in [0.2, 0.25) is 0 Å². The second-order valence-electron chi connectivity index (χ2n) is 5.12. The highest BCUT2D eigenvalue weighted by atomic mass is 35.5. The van der Waals surface area contributed by atoms with Gasteiger partial charge in [0, 0.05) is 11.6 Å². The molecule has 0 aromatic heterocycles. The standard InChI is InChI=1S/C14H19ClFNO/c15-11-5-6-13(12(16)9-11)17-10-14(18)7-3-1-2-4-8-14/h5-6,9,17-18H,1-4,7-8,10H2. The van der Waals surface area contributed by atoms with Gasteiger partial charge in [0.1, 0.15) is 5.82 Å². The normalized spacial score (nSPS) is 19.3. The van der Waals surface area contributed by atoms with Gasteiger partial charge in [-0.3, -0.25) is 0 Å². The summed E-state index contributed by atoms with van der Waals surface area (Å²) < 4.78 is 13.6. The third-order valence-electron chi connectivity index (χ3n) is 3.57. The predicted octanol–water partition coefficient (Wildman–Crippen LogP) is 3.98. The lowest BCUT2D eigenvalue weighted by Gasteiger charge is -2.27. The van der Waals surface area contributed by atoms with Crippen LogP contribution in [0.5, 0.6) is 0 Å². The predicted molar refractivity (Wildman–Crippen MR) is 72.6 cm³/mol. The zero-order valence-electron chi connectivity index (χ0n) is 10.4. The Kier molecular flexibility index (Phi) is 4.46. The number of nitrogens with one attached hydrogen (secondary N) is 1. The molecule has 2 N–H and O–H groups in total. The summed E-state index contributed by atoms with van der Waals surface area (Å²) in [4.78, 5) is 0. The average molecular weight is 272 g/mol. The summed E-state index contributed by atoms with van der Waals surface area (Å²) in [5.74, 6) is -0.375. The Morgan fingerprint density at radius 1 is 1.22 bits per heavy atom. The lowest BCUT2D eigenvalue weighted by Crippen LogP contribution is -2.36. The molecule has 0 radical (unpaired) electrons. The van der Waals surface area contributed by atoms with Crippen molar-refractivity contribution in [1.82, 2.24) is 0 Å². The van der Waals surface area contributed by atoms with E-state index in [2.05, 4.69) is 5.32 Å². The fraction of sp³-hybridized carbons (Fsp3) is 0.571. The Bertz CT molecular complexity index is 403. The van der Waals surface area contributed by atoms with Gasteiger partial charge in [-0.05, 0) is 31.0 Å². The summed E-state index contributed by atoms with van der Waals surface area (Å²) in [6.07, 6.45) is 6.02. The first-order chi connectivity index (χ1) is 8.59. The summed E-state index contributed by atoms with van der Waals surface area (Å²) in [5.41, 5.74) is -0.306. The molecular weight excluding hydrogens is 253 g/mol. The summed E-state index contributed by atoms with van der Waals surface area (Å²) in [5, 5.41) is 13.8. The molecule has 0 aliphatic heterocycles. The molecule has 0 spiro atoms. The first-order valence-electron chi connectivity index (χ1n) is 6.50. The molecule has 1 aliphatic rings. The Balaban J connectivity index is 1.97. The minimum Gasteiger partial charge on any atom is -0.388 e. The fourth-order valence-electron chi connectivity index (χ4n) is 2.46. The Labute approximate surface area is 112 Å². The highest BCUT2D eigenvalue weighted by Crippen LogP contribution is 2.28. The molecule has 2 nitrogen and oxygen atoms in total. The van der Waals surface area contributed by atoms with Gasteiger partial charge in [0.15, 0.2) is 0 Å². The second-order valence-corrected chi connectivity index (χ2v) is 5.55. The van der Waals surface area contributed by atoms with Crippen LogP contribution in [-0.4, -0.2) is 17.3 Å². The monoisotopic (exact) mass is 271 g/mol. The van der Waals surface area contributed by atoms with E-state index in [0.717, 1.165) is 25.7 Å². The minimum absolute atomic E-state index is 0.375. The summed E-state index contributed by atoms with van der Waals surface area (Å²) in [6, 6.07) is 4.53. The first-order valence-corrected chi connectivity index (χ1v) is 6.88. The van der Waals surface area contributed by atoms with Crippen LogP contribution in [0.4, 0.5) is 10.1 Å². The van der Waals surface area contributed by atoms with Crippen LogP contribution in [0.2, 0.25) is 5.02 Å². The summed E-state index contributed by atoms with van der Waals surface area (Å²) in [7, 11) is 0. The molecule has 0 saturated heterocycles. The molecule has 0 atom stereocenters. The van der Waals surface area contributed by atoms with E-state index in [1.165, 1.54) is 18.9 Å². The van der Waals surface area contributed by atoms with E-state index in [1.54, 1.807) is 12.1 Å². The van der Waals surface area contributed by atoms with Crippen molar-refractivity contribution in [3.05, 3.63) is 29.0 Å². The van der Waals surface area contributed by atoms with E-state index in [0.29, 0.717) is 17.3 Å². The number of benzene rings is 1. The van der Waals surface area contributed by atoms with Crippen LogP contribution in [0.1, 0.15) is 38.5 Å². The third kappa shape index (κ3) is 3.59. The van der Waals surface area contributed by atoms with Gasteiger partial charge < -0.3 is 10.4 Å². The van der Waals surface area contributed by atoms with Crippen molar-refractivity contribution in [2.45, 2.75) is 44.1 Å². The van der Waals surface area contributed by atoms with Crippen molar-refractivity contribution in [3.63, 3.8) is 0 Å². The topological polar surface area (TPSA) is 32.3 Å². The van der Waals surface area contributed by atoms with Gasteiger partial charge in [0.05, 0.1) is 11.3 Å². The Morgan fingerprint density at radius 3 is 2.50 bits per heavy atom. The van der Waals surface area contributed by atoms with Crippen LogP contribution in [0.25, 0.3) is 0 Å². The number of halogens is 2. The molecule has 1 fully saturated rings. The van der Waals surface area contributed by atoms with Crippen LogP contribution < -0.4 is 5.32 Å². The Morgan fingerprint density at radius 2 is 1.89 bits per heavy atom. The van der Waals surface area contributed by atoms with Crippen molar-refractivity contribution in [3.8, 4) is 0 Å². The van der Waals surface area contributed by atoms with E-state index in [-0.39, 0.29) is 5.82 Å². The van der Waals surface area contributed by atoms with Crippen LogP contribution in [0, 0.1) is 5.82 Å². The number of anilines is 1. The molecule has 1 aliphatic carbocycles. The fourth-order valence-corrected chi connectivity index (χ4v) is 2.61. The van der Waals surface area contributed by atoms with Gasteiger partial charge >= 0.3 is 0 Å². The highest BCUT2D eigenvalue weighted by molar-refractivity contribution is 6.30.